The van der Waals surface area contributed by atoms with E-state index < -0.39 is 0 Å². The molecule has 1 N–H and O–H groups in total. The van der Waals surface area contributed by atoms with Crippen LogP contribution in [0.3, 0.4) is 0 Å². The van der Waals surface area contributed by atoms with Gasteiger partial charge in [-0.1, -0.05) is 60.7 Å². The Labute approximate surface area is 162 Å². The van der Waals surface area contributed by atoms with Crippen molar-refractivity contribution < 1.29 is 26.3 Å². The number of nitrogens with one attached hydrogen (secondary N) is 1. The second-order valence-electron chi connectivity index (χ2n) is 6.52. The first-order valence-corrected chi connectivity index (χ1v) is 8.81. The summed E-state index contributed by atoms with van der Waals surface area (Å²) in [6.45, 7) is 8.20. The van der Waals surface area contributed by atoms with E-state index in [9.17, 15) is 4.79 Å². The van der Waals surface area contributed by atoms with Crippen LogP contribution in [-0.4, -0.2) is 43.6 Å². The summed E-state index contributed by atoms with van der Waals surface area (Å²) in [7, 11) is 2.23. The lowest BCUT2D eigenvalue weighted by Crippen LogP contribution is -3.00. The molecule has 0 atom stereocenters. The van der Waals surface area contributed by atoms with Gasteiger partial charge < -0.3 is 26.8 Å². The fraction of sp³-hybridized carbons (Fsp3) is 0.381. The highest BCUT2D eigenvalue weighted by Gasteiger charge is 2.23. The normalized spacial score (nSPS) is 11.0. The largest absolute Gasteiger partial charge is 1.00 e. The van der Waals surface area contributed by atoms with E-state index in [2.05, 4.69) is 26.2 Å². The highest BCUT2D eigenvalue weighted by molar-refractivity contribution is 5.87. The summed E-state index contributed by atoms with van der Waals surface area (Å²) < 4.78 is 0.974. The van der Waals surface area contributed by atoms with Gasteiger partial charge in [-0.25, -0.2) is 0 Å². The van der Waals surface area contributed by atoms with Gasteiger partial charge in [0.25, 0.3) is 0 Å². The number of hydrogen-bond acceptors (Lipinski definition) is 1. The van der Waals surface area contributed by atoms with Gasteiger partial charge in [0.1, 0.15) is 0 Å². The van der Waals surface area contributed by atoms with E-state index >= 15 is 0 Å². The van der Waals surface area contributed by atoms with Gasteiger partial charge in [-0.15, -0.1) is 0 Å². The smallest absolute Gasteiger partial charge is 0.232 e. The Kier molecular flexibility index (Phi) is 8.87. The molecule has 2 aromatic carbocycles. The van der Waals surface area contributed by atoms with Crippen LogP contribution in [0.15, 0.2) is 60.7 Å². The molecular formula is C21H29BrN2O. The van der Waals surface area contributed by atoms with E-state index in [-0.39, 0.29) is 28.8 Å². The highest BCUT2D eigenvalue weighted by atomic mass is 79.9. The van der Waals surface area contributed by atoms with Crippen molar-refractivity contribution in [1.82, 2.24) is 5.32 Å². The average molecular weight is 405 g/mol. The molecule has 0 spiro atoms. The van der Waals surface area contributed by atoms with E-state index in [0.717, 1.165) is 35.2 Å². The second-order valence-corrected chi connectivity index (χ2v) is 6.52. The molecule has 0 saturated heterocycles. The zero-order valence-electron chi connectivity index (χ0n) is 15.4. The molecule has 0 unspecified atom stereocenters. The van der Waals surface area contributed by atoms with Crippen LogP contribution in [0.4, 0.5) is 0 Å². The van der Waals surface area contributed by atoms with Crippen molar-refractivity contribution in [3.8, 4) is 0 Å². The van der Waals surface area contributed by atoms with Crippen LogP contribution in [0, 0.1) is 0 Å². The SMILES string of the molecule is CC[N+](C)(CC)CCNC(=O)C(c1ccccc1)c1ccccc1.[Br-]. The fourth-order valence-electron chi connectivity index (χ4n) is 2.88. The van der Waals surface area contributed by atoms with Gasteiger partial charge in [0.05, 0.1) is 39.1 Å². The molecule has 4 heteroatoms. The van der Waals surface area contributed by atoms with E-state index in [0.29, 0.717) is 6.54 Å². The van der Waals surface area contributed by atoms with Crippen molar-refractivity contribution in [2.45, 2.75) is 19.8 Å². The Balaban J connectivity index is 0.00000312. The van der Waals surface area contributed by atoms with Gasteiger partial charge in [-0.3, -0.25) is 4.79 Å². The molecule has 0 aliphatic carbocycles. The minimum absolute atomic E-state index is 0. The van der Waals surface area contributed by atoms with Gasteiger partial charge >= 0.3 is 0 Å². The molecule has 1 amide bonds. The van der Waals surface area contributed by atoms with Crippen molar-refractivity contribution in [1.29, 1.82) is 0 Å². The lowest BCUT2D eigenvalue weighted by Gasteiger charge is -2.32. The standard InChI is InChI=1S/C21H28N2O.BrH/c1-4-23(3,5-2)17-16-22-21(24)20(18-12-8-6-9-13-18)19-14-10-7-11-15-19;/h6-15,20H,4-5,16-17H2,1-3H3;1H. The molecule has 0 fully saturated rings. The summed E-state index contributed by atoms with van der Waals surface area (Å²) in [4.78, 5) is 12.9. The maximum absolute atomic E-state index is 12.9. The summed E-state index contributed by atoms with van der Waals surface area (Å²) in [5.74, 6) is -0.180. The van der Waals surface area contributed by atoms with E-state index in [1.54, 1.807) is 0 Å². The monoisotopic (exact) mass is 404 g/mol. The van der Waals surface area contributed by atoms with Crippen LogP contribution in [0.2, 0.25) is 0 Å². The third-order valence-electron chi connectivity index (χ3n) is 5.01. The van der Waals surface area contributed by atoms with Gasteiger partial charge in [0.2, 0.25) is 5.91 Å². The molecule has 0 aliphatic heterocycles. The molecule has 0 aliphatic rings. The van der Waals surface area contributed by atoms with Gasteiger partial charge in [0.15, 0.2) is 0 Å². The summed E-state index contributed by atoms with van der Waals surface area (Å²) in [6, 6.07) is 20.0. The van der Waals surface area contributed by atoms with Crippen LogP contribution in [-0.2, 0) is 4.79 Å². The van der Waals surface area contributed by atoms with Gasteiger partial charge in [0, 0.05) is 0 Å². The molecule has 0 aromatic heterocycles. The summed E-state index contributed by atoms with van der Waals surface area (Å²) in [6.07, 6.45) is 0. The summed E-state index contributed by atoms with van der Waals surface area (Å²) in [5, 5.41) is 3.15. The number of amides is 1. The third kappa shape index (κ3) is 5.98. The molecule has 0 radical (unpaired) electrons. The van der Waals surface area contributed by atoms with Crippen LogP contribution in [0.25, 0.3) is 0 Å². The van der Waals surface area contributed by atoms with Crippen LogP contribution in [0.1, 0.15) is 30.9 Å². The zero-order valence-corrected chi connectivity index (χ0v) is 17.0. The number of likely N-dealkylation sites (N-methyl/N-ethyl adjacent to an activating group) is 1. The molecule has 2 aromatic rings. The summed E-state index contributed by atoms with van der Waals surface area (Å²) in [5.41, 5.74) is 2.06. The molecule has 0 bridgehead atoms. The van der Waals surface area contributed by atoms with E-state index in [1.165, 1.54) is 0 Å². The number of carbonyl (C=O) groups excluding carboxylic acids is 1. The fourth-order valence-corrected chi connectivity index (χ4v) is 2.88. The Morgan fingerprint density at radius 1 is 0.920 bits per heavy atom. The van der Waals surface area contributed by atoms with Crippen LogP contribution >= 0.6 is 0 Å². The Morgan fingerprint density at radius 3 is 1.76 bits per heavy atom. The van der Waals surface area contributed by atoms with Crippen molar-refractivity contribution >= 4 is 5.91 Å². The van der Waals surface area contributed by atoms with Crippen molar-refractivity contribution in [2.24, 2.45) is 0 Å². The minimum Gasteiger partial charge on any atom is -1.00 e. The van der Waals surface area contributed by atoms with Crippen molar-refractivity contribution in [2.75, 3.05) is 33.2 Å². The van der Waals surface area contributed by atoms with Crippen LogP contribution < -0.4 is 22.3 Å². The lowest BCUT2D eigenvalue weighted by atomic mass is 9.90. The molecule has 0 heterocycles. The number of rotatable bonds is 8. The van der Waals surface area contributed by atoms with E-state index in [4.69, 9.17) is 0 Å². The van der Waals surface area contributed by atoms with Crippen molar-refractivity contribution in [3.63, 3.8) is 0 Å². The first kappa shape index (κ1) is 21.4. The highest BCUT2D eigenvalue weighted by Crippen LogP contribution is 2.24. The Morgan fingerprint density at radius 2 is 1.36 bits per heavy atom. The number of halogens is 1. The lowest BCUT2D eigenvalue weighted by molar-refractivity contribution is -0.904. The summed E-state index contributed by atoms with van der Waals surface area (Å²) >= 11 is 0. The van der Waals surface area contributed by atoms with Gasteiger partial charge in [-0.05, 0) is 25.0 Å². The minimum atomic E-state index is -0.255. The number of quaternary nitrogens is 1. The van der Waals surface area contributed by atoms with Gasteiger partial charge in [-0.2, -0.15) is 0 Å². The molecule has 25 heavy (non-hydrogen) atoms. The second kappa shape index (κ2) is 10.4. The molecule has 136 valence electrons. The molecular weight excluding hydrogens is 376 g/mol. The topological polar surface area (TPSA) is 29.1 Å². The number of nitrogens with zero attached hydrogens (tertiary/aromatic N) is 1. The first-order chi connectivity index (χ1) is 11.6. The predicted octanol–water partition coefficient (Wildman–Crippen LogP) is 0.425. The Bertz CT molecular complexity index is 587. The maximum Gasteiger partial charge on any atom is 0.232 e. The maximum atomic E-state index is 12.9. The van der Waals surface area contributed by atoms with E-state index in [1.807, 2.05) is 60.7 Å². The predicted molar refractivity (Wildman–Crippen MR) is 99.9 cm³/mol. The molecule has 0 saturated carbocycles. The number of carbonyl (C=O) groups is 1. The van der Waals surface area contributed by atoms with Crippen LogP contribution in [0.5, 0.6) is 0 Å². The first-order valence-electron chi connectivity index (χ1n) is 8.81. The average Bonchev–Trinajstić information content (AvgIpc) is 2.63. The molecule has 2 rings (SSSR count). The number of benzene rings is 2. The number of hydrogen-bond donors (Lipinski definition) is 1. The third-order valence-corrected chi connectivity index (χ3v) is 5.01. The Hall–Kier alpha value is -1.65. The molecule has 3 nitrogen and oxygen atoms in total. The zero-order chi connectivity index (χ0) is 17.4. The quantitative estimate of drug-likeness (QED) is 0.634. The van der Waals surface area contributed by atoms with Crippen molar-refractivity contribution in [3.05, 3.63) is 71.8 Å².